The smallest absolute Gasteiger partial charge is 0.125 e. The largest absolute Gasteiger partial charge is 0.323 e. The molecule has 2 N–H and O–H groups in total. The van der Waals surface area contributed by atoms with E-state index in [1.807, 2.05) is 18.2 Å². The predicted octanol–water partition coefficient (Wildman–Crippen LogP) is 4.56. The topological polar surface area (TPSA) is 38.9 Å². The van der Waals surface area contributed by atoms with Gasteiger partial charge in [0.25, 0.3) is 0 Å². The van der Waals surface area contributed by atoms with E-state index in [-0.39, 0.29) is 6.04 Å². The molecule has 0 saturated carbocycles. The van der Waals surface area contributed by atoms with Crippen LogP contribution in [0, 0.1) is 0 Å². The molecule has 0 saturated heterocycles. The molecule has 1 aromatic heterocycles. The van der Waals surface area contributed by atoms with Crippen molar-refractivity contribution in [3.05, 3.63) is 38.3 Å². The first-order chi connectivity index (χ1) is 8.65. The van der Waals surface area contributed by atoms with Crippen molar-refractivity contribution in [2.24, 2.45) is 5.73 Å². The lowest BCUT2D eigenvalue weighted by molar-refractivity contribution is 0.564. The van der Waals surface area contributed by atoms with Gasteiger partial charge in [-0.15, -0.1) is 11.3 Å². The first kappa shape index (κ1) is 12.6. The summed E-state index contributed by atoms with van der Waals surface area (Å²) in [6.45, 7) is 0. The van der Waals surface area contributed by atoms with Gasteiger partial charge in [0.1, 0.15) is 5.01 Å². The van der Waals surface area contributed by atoms with E-state index in [0.717, 1.165) is 45.0 Å². The summed E-state index contributed by atoms with van der Waals surface area (Å²) < 4.78 is 0.981. The number of fused-ring (bicyclic) bond motifs is 1. The molecule has 1 aliphatic carbocycles. The second kappa shape index (κ2) is 4.93. The lowest BCUT2D eigenvalue weighted by Crippen LogP contribution is -2.16. The van der Waals surface area contributed by atoms with Gasteiger partial charge in [0, 0.05) is 21.0 Å². The fraction of sp³-hybridized carbons (Fsp3) is 0.308. The Kier molecular flexibility index (Phi) is 3.45. The van der Waals surface area contributed by atoms with Crippen LogP contribution in [0.1, 0.15) is 29.5 Å². The van der Waals surface area contributed by atoms with Gasteiger partial charge in [0.05, 0.1) is 10.7 Å². The van der Waals surface area contributed by atoms with E-state index in [1.54, 1.807) is 11.3 Å². The Morgan fingerprint density at radius 3 is 3.00 bits per heavy atom. The highest BCUT2D eigenvalue weighted by molar-refractivity contribution is 9.10. The molecule has 0 bridgehead atoms. The van der Waals surface area contributed by atoms with E-state index in [2.05, 4.69) is 20.9 Å². The van der Waals surface area contributed by atoms with Crippen molar-refractivity contribution in [3.8, 4) is 10.6 Å². The first-order valence-corrected chi connectivity index (χ1v) is 7.84. The minimum atomic E-state index is 0.0907. The summed E-state index contributed by atoms with van der Waals surface area (Å²) in [6.07, 6.45) is 3.28. The molecule has 94 valence electrons. The van der Waals surface area contributed by atoms with Crippen LogP contribution in [0.2, 0.25) is 5.02 Å². The molecule has 0 spiro atoms. The van der Waals surface area contributed by atoms with Crippen molar-refractivity contribution in [3.63, 3.8) is 0 Å². The number of hydrogen-bond acceptors (Lipinski definition) is 3. The summed E-state index contributed by atoms with van der Waals surface area (Å²) in [5.41, 5.74) is 8.17. The van der Waals surface area contributed by atoms with Crippen LogP contribution in [0.15, 0.2) is 22.7 Å². The van der Waals surface area contributed by atoms with Crippen molar-refractivity contribution < 1.29 is 0 Å². The van der Waals surface area contributed by atoms with Gasteiger partial charge >= 0.3 is 0 Å². The minimum Gasteiger partial charge on any atom is -0.323 e. The van der Waals surface area contributed by atoms with E-state index in [0.29, 0.717) is 0 Å². The maximum Gasteiger partial charge on any atom is 0.125 e. The third-order valence-electron chi connectivity index (χ3n) is 3.16. The van der Waals surface area contributed by atoms with Gasteiger partial charge in [0.15, 0.2) is 0 Å². The number of halogens is 2. The van der Waals surface area contributed by atoms with Gasteiger partial charge in [-0.25, -0.2) is 4.98 Å². The van der Waals surface area contributed by atoms with Crippen molar-refractivity contribution in [2.75, 3.05) is 0 Å². The summed E-state index contributed by atoms with van der Waals surface area (Å²) >= 11 is 11.4. The molecule has 0 fully saturated rings. The zero-order valence-corrected chi connectivity index (χ0v) is 12.8. The summed E-state index contributed by atoms with van der Waals surface area (Å²) in [6, 6.07) is 5.98. The molecule has 2 nitrogen and oxygen atoms in total. The summed E-state index contributed by atoms with van der Waals surface area (Å²) in [7, 11) is 0. The van der Waals surface area contributed by atoms with Gasteiger partial charge in [-0.3, -0.25) is 0 Å². The molecule has 3 rings (SSSR count). The Morgan fingerprint density at radius 1 is 1.44 bits per heavy atom. The van der Waals surface area contributed by atoms with Crippen LogP contribution in [0.25, 0.3) is 10.6 Å². The van der Waals surface area contributed by atoms with Gasteiger partial charge < -0.3 is 5.73 Å². The Bertz CT molecular complexity index is 597. The van der Waals surface area contributed by atoms with Gasteiger partial charge in [-0.2, -0.15) is 0 Å². The molecule has 1 unspecified atom stereocenters. The second-order valence-electron chi connectivity index (χ2n) is 4.45. The van der Waals surface area contributed by atoms with Gasteiger partial charge in [0.2, 0.25) is 0 Å². The SMILES string of the molecule is NC1CCCc2sc(-c3ccc(Br)cc3Cl)nc21. The number of nitrogens with zero attached hydrogens (tertiary/aromatic N) is 1. The van der Waals surface area contributed by atoms with Crippen molar-refractivity contribution in [1.29, 1.82) is 0 Å². The quantitative estimate of drug-likeness (QED) is 0.824. The molecule has 0 amide bonds. The maximum atomic E-state index is 6.27. The van der Waals surface area contributed by atoms with E-state index in [1.165, 1.54) is 4.88 Å². The van der Waals surface area contributed by atoms with Crippen molar-refractivity contribution in [1.82, 2.24) is 4.98 Å². The molecule has 0 radical (unpaired) electrons. The number of nitrogens with two attached hydrogens (primary N) is 1. The van der Waals surface area contributed by atoms with Crippen LogP contribution in [-0.2, 0) is 6.42 Å². The molecule has 1 aliphatic rings. The molecular weight excluding hydrogens is 332 g/mol. The van der Waals surface area contributed by atoms with Crippen LogP contribution in [0.5, 0.6) is 0 Å². The number of benzene rings is 1. The zero-order chi connectivity index (χ0) is 12.7. The van der Waals surface area contributed by atoms with Gasteiger partial charge in [-0.05, 0) is 37.5 Å². The van der Waals surface area contributed by atoms with Crippen LogP contribution in [0.4, 0.5) is 0 Å². The number of hydrogen-bond donors (Lipinski definition) is 1. The molecule has 1 atom stereocenters. The van der Waals surface area contributed by atoms with Crippen LogP contribution in [0.3, 0.4) is 0 Å². The highest BCUT2D eigenvalue weighted by Gasteiger charge is 2.22. The fourth-order valence-corrected chi connectivity index (χ4v) is 4.26. The number of thiazole rings is 1. The van der Waals surface area contributed by atoms with E-state index in [9.17, 15) is 0 Å². The molecule has 0 aliphatic heterocycles. The lowest BCUT2D eigenvalue weighted by Gasteiger charge is -2.15. The van der Waals surface area contributed by atoms with E-state index < -0.39 is 0 Å². The Labute approximate surface area is 123 Å². The highest BCUT2D eigenvalue weighted by atomic mass is 79.9. The zero-order valence-electron chi connectivity index (χ0n) is 9.62. The third-order valence-corrected chi connectivity index (χ3v) is 5.13. The second-order valence-corrected chi connectivity index (χ2v) is 6.86. The summed E-state index contributed by atoms with van der Waals surface area (Å²) in [5, 5.41) is 1.71. The number of aromatic nitrogens is 1. The van der Waals surface area contributed by atoms with E-state index in [4.69, 9.17) is 17.3 Å². The molecule has 18 heavy (non-hydrogen) atoms. The first-order valence-electron chi connectivity index (χ1n) is 5.86. The summed E-state index contributed by atoms with van der Waals surface area (Å²) in [4.78, 5) is 6.01. The van der Waals surface area contributed by atoms with Crippen LogP contribution >= 0.6 is 38.9 Å². The fourth-order valence-electron chi connectivity index (χ4n) is 2.23. The van der Waals surface area contributed by atoms with Gasteiger partial charge in [-0.1, -0.05) is 27.5 Å². The van der Waals surface area contributed by atoms with E-state index >= 15 is 0 Å². The molecule has 5 heteroatoms. The van der Waals surface area contributed by atoms with Crippen LogP contribution in [-0.4, -0.2) is 4.98 Å². The molecular formula is C13H12BrClN2S. The standard InChI is InChI=1S/C13H12BrClN2S/c14-7-4-5-8(9(15)6-7)13-17-12-10(16)2-1-3-11(12)18-13/h4-6,10H,1-3,16H2. The average molecular weight is 344 g/mol. The Morgan fingerprint density at radius 2 is 2.28 bits per heavy atom. The third kappa shape index (κ3) is 2.23. The lowest BCUT2D eigenvalue weighted by atomic mass is 9.99. The molecule has 1 heterocycles. The van der Waals surface area contributed by atoms with Crippen molar-refractivity contribution >= 4 is 38.9 Å². The number of aryl methyl sites for hydroxylation is 1. The maximum absolute atomic E-state index is 6.27. The Balaban J connectivity index is 2.07. The predicted molar refractivity (Wildman–Crippen MR) is 80.1 cm³/mol. The molecule has 1 aromatic carbocycles. The average Bonchev–Trinajstić information content (AvgIpc) is 2.74. The normalized spacial score (nSPS) is 18.7. The monoisotopic (exact) mass is 342 g/mol. The highest BCUT2D eigenvalue weighted by Crippen LogP contribution is 2.38. The molecule has 2 aromatic rings. The van der Waals surface area contributed by atoms with Crippen LogP contribution < -0.4 is 5.73 Å². The van der Waals surface area contributed by atoms with Crippen molar-refractivity contribution in [2.45, 2.75) is 25.3 Å². The minimum absolute atomic E-state index is 0.0907. The summed E-state index contributed by atoms with van der Waals surface area (Å²) in [5.74, 6) is 0. The Hall–Kier alpha value is -0.420. The number of rotatable bonds is 1.